The molecule has 0 aliphatic carbocycles. The molecule has 0 spiro atoms. The molecule has 114 valence electrons. The van der Waals surface area contributed by atoms with Crippen molar-refractivity contribution in [1.29, 1.82) is 0 Å². The standard InChI is InChI=1S/C13H17BrClFO3S/c1-13(2,3)9(8-20(15,17)18)7-19-10-4-5-12(16)11(14)6-10/h4-6,9H,7-8H2,1-3H3. The molecule has 20 heavy (non-hydrogen) atoms. The first-order valence-electron chi connectivity index (χ1n) is 5.99. The zero-order valence-electron chi connectivity index (χ0n) is 11.5. The molecule has 0 aromatic heterocycles. The van der Waals surface area contributed by atoms with E-state index >= 15 is 0 Å². The average Bonchev–Trinajstić information content (AvgIpc) is 2.26. The van der Waals surface area contributed by atoms with Crippen LogP contribution in [-0.4, -0.2) is 20.8 Å². The highest BCUT2D eigenvalue weighted by Crippen LogP contribution is 2.30. The summed E-state index contributed by atoms with van der Waals surface area (Å²) in [6.07, 6.45) is 0. The third-order valence-electron chi connectivity index (χ3n) is 2.97. The van der Waals surface area contributed by atoms with E-state index in [1.54, 1.807) is 0 Å². The number of hydrogen-bond donors (Lipinski definition) is 0. The quantitative estimate of drug-likeness (QED) is 0.711. The smallest absolute Gasteiger partial charge is 0.233 e. The topological polar surface area (TPSA) is 43.4 Å². The molecule has 1 unspecified atom stereocenters. The first-order chi connectivity index (χ1) is 8.99. The molecule has 0 aliphatic heterocycles. The lowest BCUT2D eigenvalue weighted by Crippen LogP contribution is -2.31. The van der Waals surface area contributed by atoms with Crippen molar-refractivity contribution < 1.29 is 17.5 Å². The second-order valence-electron chi connectivity index (χ2n) is 5.66. The summed E-state index contributed by atoms with van der Waals surface area (Å²) in [6, 6.07) is 4.28. The summed E-state index contributed by atoms with van der Waals surface area (Å²) in [4.78, 5) is 0. The Morgan fingerprint density at radius 2 is 2.00 bits per heavy atom. The molecular formula is C13H17BrClFO3S. The molecule has 1 aromatic rings. The molecule has 1 aromatic carbocycles. The fourth-order valence-corrected chi connectivity index (χ4v) is 3.44. The van der Waals surface area contributed by atoms with Gasteiger partial charge in [0.15, 0.2) is 0 Å². The molecule has 0 heterocycles. The van der Waals surface area contributed by atoms with Crippen LogP contribution < -0.4 is 4.74 Å². The average molecular weight is 388 g/mol. The van der Waals surface area contributed by atoms with E-state index in [2.05, 4.69) is 15.9 Å². The lowest BCUT2D eigenvalue weighted by atomic mass is 9.82. The van der Waals surface area contributed by atoms with Crippen LogP contribution in [0.2, 0.25) is 0 Å². The van der Waals surface area contributed by atoms with Crippen LogP contribution in [0.5, 0.6) is 5.75 Å². The van der Waals surface area contributed by atoms with Gasteiger partial charge in [0.2, 0.25) is 9.05 Å². The maximum Gasteiger partial charge on any atom is 0.233 e. The van der Waals surface area contributed by atoms with Crippen LogP contribution in [0.1, 0.15) is 20.8 Å². The number of rotatable bonds is 5. The minimum atomic E-state index is -3.60. The molecular weight excluding hydrogens is 371 g/mol. The Hall–Kier alpha value is -0.330. The van der Waals surface area contributed by atoms with Crippen molar-refractivity contribution in [2.24, 2.45) is 11.3 Å². The normalized spacial score (nSPS) is 14.1. The Morgan fingerprint density at radius 1 is 1.40 bits per heavy atom. The van der Waals surface area contributed by atoms with Gasteiger partial charge in [0.05, 0.1) is 16.8 Å². The molecule has 3 nitrogen and oxygen atoms in total. The van der Waals surface area contributed by atoms with Gasteiger partial charge in [-0.25, -0.2) is 12.8 Å². The van der Waals surface area contributed by atoms with Crippen LogP contribution in [0.4, 0.5) is 4.39 Å². The zero-order chi connectivity index (χ0) is 15.6. The maximum atomic E-state index is 13.1. The van der Waals surface area contributed by atoms with Gasteiger partial charge in [-0.05, 0) is 39.5 Å². The first-order valence-corrected chi connectivity index (χ1v) is 9.26. The second kappa shape index (κ2) is 6.62. The molecule has 0 aliphatic rings. The van der Waals surface area contributed by atoms with Crippen molar-refractivity contribution in [2.75, 3.05) is 12.4 Å². The lowest BCUT2D eigenvalue weighted by Gasteiger charge is -2.29. The monoisotopic (exact) mass is 386 g/mol. The molecule has 7 heteroatoms. The number of hydrogen-bond acceptors (Lipinski definition) is 3. The minimum absolute atomic E-state index is 0.166. The summed E-state index contributed by atoms with van der Waals surface area (Å²) in [6.45, 7) is 5.95. The first kappa shape index (κ1) is 17.7. The van der Waals surface area contributed by atoms with Crippen molar-refractivity contribution in [3.05, 3.63) is 28.5 Å². The number of ether oxygens (including phenoxy) is 1. The van der Waals surface area contributed by atoms with Crippen LogP contribution in [0, 0.1) is 17.2 Å². The van der Waals surface area contributed by atoms with Gasteiger partial charge in [0, 0.05) is 16.6 Å². The molecule has 0 amide bonds. The Labute approximate surface area is 132 Å². The van der Waals surface area contributed by atoms with Gasteiger partial charge >= 0.3 is 0 Å². The molecule has 0 saturated heterocycles. The molecule has 0 saturated carbocycles. The molecule has 0 N–H and O–H groups in total. The van der Waals surface area contributed by atoms with E-state index in [0.29, 0.717) is 10.2 Å². The Kier molecular flexibility index (Phi) is 5.87. The second-order valence-corrected chi connectivity index (χ2v) is 9.33. The van der Waals surface area contributed by atoms with Gasteiger partial charge < -0.3 is 4.74 Å². The molecule has 0 radical (unpaired) electrons. The zero-order valence-corrected chi connectivity index (χ0v) is 14.6. The maximum absolute atomic E-state index is 13.1. The van der Waals surface area contributed by atoms with Crippen molar-refractivity contribution >= 4 is 35.7 Å². The SMILES string of the molecule is CC(C)(C)C(COc1ccc(F)c(Br)c1)CS(=O)(=O)Cl. The summed E-state index contributed by atoms with van der Waals surface area (Å²) >= 11 is 3.07. The highest BCUT2D eigenvalue weighted by Gasteiger charge is 2.29. The third kappa shape index (κ3) is 5.97. The van der Waals surface area contributed by atoms with Gasteiger partial charge in [-0.3, -0.25) is 0 Å². The third-order valence-corrected chi connectivity index (χ3v) is 4.75. The summed E-state index contributed by atoms with van der Waals surface area (Å²) in [5.74, 6) is -0.346. The van der Waals surface area contributed by atoms with Crippen LogP contribution in [-0.2, 0) is 9.05 Å². The largest absolute Gasteiger partial charge is 0.493 e. The van der Waals surface area contributed by atoms with Crippen LogP contribution >= 0.6 is 26.6 Å². The Balaban J connectivity index is 2.78. The van der Waals surface area contributed by atoms with Crippen molar-refractivity contribution in [3.8, 4) is 5.75 Å². The van der Waals surface area contributed by atoms with E-state index < -0.39 is 9.05 Å². The molecule has 0 fully saturated rings. The van der Waals surface area contributed by atoms with Gasteiger partial charge in [-0.1, -0.05) is 20.8 Å². The van der Waals surface area contributed by atoms with E-state index in [0.717, 1.165) is 0 Å². The summed E-state index contributed by atoms with van der Waals surface area (Å²) in [7, 11) is 1.72. The number of halogens is 3. The van der Waals surface area contributed by atoms with Crippen molar-refractivity contribution in [3.63, 3.8) is 0 Å². The van der Waals surface area contributed by atoms with Gasteiger partial charge in [-0.2, -0.15) is 0 Å². The summed E-state index contributed by atoms with van der Waals surface area (Å²) < 4.78 is 41.5. The van der Waals surface area contributed by atoms with Crippen LogP contribution in [0.15, 0.2) is 22.7 Å². The fraction of sp³-hybridized carbons (Fsp3) is 0.538. The van der Waals surface area contributed by atoms with Crippen LogP contribution in [0.25, 0.3) is 0 Å². The number of benzene rings is 1. The van der Waals surface area contributed by atoms with Gasteiger partial charge in [0.25, 0.3) is 0 Å². The predicted molar refractivity (Wildman–Crippen MR) is 82.2 cm³/mol. The molecule has 0 bridgehead atoms. The molecule has 1 atom stereocenters. The Morgan fingerprint density at radius 3 is 2.45 bits per heavy atom. The van der Waals surface area contributed by atoms with E-state index in [1.165, 1.54) is 18.2 Å². The summed E-state index contributed by atoms with van der Waals surface area (Å²) in [5.41, 5.74) is -0.279. The van der Waals surface area contributed by atoms with Gasteiger partial charge in [-0.15, -0.1) is 0 Å². The highest BCUT2D eigenvalue weighted by molar-refractivity contribution is 9.10. The van der Waals surface area contributed by atoms with E-state index in [4.69, 9.17) is 15.4 Å². The van der Waals surface area contributed by atoms with Crippen molar-refractivity contribution in [2.45, 2.75) is 20.8 Å². The van der Waals surface area contributed by atoms with Crippen molar-refractivity contribution in [1.82, 2.24) is 0 Å². The van der Waals surface area contributed by atoms with E-state index in [1.807, 2.05) is 20.8 Å². The van der Waals surface area contributed by atoms with E-state index in [-0.39, 0.29) is 29.5 Å². The highest BCUT2D eigenvalue weighted by atomic mass is 79.9. The summed E-state index contributed by atoms with van der Waals surface area (Å²) in [5, 5.41) is 0. The fourth-order valence-electron chi connectivity index (χ4n) is 1.55. The van der Waals surface area contributed by atoms with E-state index in [9.17, 15) is 12.8 Å². The van der Waals surface area contributed by atoms with Gasteiger partial charge in [0.1, 0.15) is 11.6 Å². The Bertz CT molecular complexity index is 569. The van der Waals surface area contributed by atoms with Crippen LogP contribution in [0.3, 0.4) is 0 Å². The predicted octanol–water partition coefficient (Wildman–Crippen LogP) is 4.20. The minimum Gasteiger partial charge on any atom is -0.493 e. The lowest BCUT2D eigenvalue weighted by molar-refractivity contribution is 0.163. The molecule has 1 rings (SSSR count).